The lowest BCUT2D eigenvalue weighted by molar-refractivity contribution is -0.129. The molecule has 2 bridgehead atoms. The third-order valence-corrected chi connectivity index (χ3v) is 7.02. The number of hydrogen-bond acceptors (Lipinski definition) is 3. The fraction of sp³-hybridized carbons (Fsp3) is 0.722. The summed E-state index contributed by atoms with van der Waals surface area (Å²) in [6, 6.07) is 5.90. The van der Waals surface area contributed by atoms with E-state index in [1.807, 2.05) is 0 Å². The molecule has 2 N–H and O–H groups in total. The molecule has 1 aromatic rings. The zero-order valence-electron chi connectivity index (χ0n) is 13.6. The summed E-state index contributed by atoms with van der Waals surface area (Å²) in [4.78, 5) is 14.5. The van der Waals surface area contributed by atoms with Gasteiger partial charge in [-0.15, -0.1) is 23.7 Å². The first-order chi connectivity index (χ1) is 10.8. The Bertz CT molecular complexity index is 515. The largest absolute Gasteiger partial charge is 0.352 e. The van der Waals surface area contributed by atoms with Crippen molar-refractivity contribution in [1.82, 2.24) is 10.6 Å². The molecule has 1 aliphatic carbocycles. The van der Waals surface area contributed by atoms with Crippen LogP contribution in [0.5, 0.6) is 0 Å². The Morgan fingerprint density at radius 3 is 2.48 bits per heavy atom. The zero-order valence-corrected chi connectivity index (χ0v) is 15.2. The van der Waals surface area contributed by atoms with E-state index in [0.29, 0.717) is 24.0 Å². The molecule has 3 fully saturated rings. The van der Waals surface area contributed by atoms with Crippen LogP contribution in [0, 0.1) is 0 Å². The maximum absolute atomic E-state index is 13.2. The third-order valence-electron chi connectivity index (χ3n) is 5.94. The van der Waals surface area contributed by atoms with Crippen LogP contribution < -0.4 is 10.6 Å². The summed E-state index contributed by atoms with van der Waals surface area (Å²) < 4.78 is 0. The maximum Gasteiger partial charge on any atom is 0.231 e. The van der Waals surface area contributed by atoms with Crippen LogP contribution in [0.2, 0.25) is 0 Å². The minimum atomic E-state index is -0.240. The van der Waals surface area contributed by atoms with E-state index in [0.717, 1.165) is 25.7 Å². The lowest BCUT2D eigenvalue weighted by Gasteiger charge is -2.38. The van der Waals surface area contributed by atoms with Gasteiger partial charge in [0, 0.05) is 23.0 Å². The van der Waals surface area contributed by atoms with Gasteiger partial charge in [-0.1, -0.05) is 25.3 Å². The van der Waals surface area contributed by atoms with E-state index in [2.05, 4.69) is 28.1 Å². The van der Waals surface area contributed by atoms with Gasteiger partial charge in [-0.05, 0) is 50.0 Å². The fourth-order valence-electron chi connectivity index (χ4n) is 4.79. The normalized spacial score (nSPS) is 32.1. The molecular formula is C18H27ClN2OS. The molecule has 3 nitrogen and oxygen atoms in total. The van der Waals surface area contributed by atoms with Crippen LogP contribution in [-0.4, -0.2) is 24.0 Å². The number of fused-ring (bicyclic) bond motifs is 2. The van der Waals surface area contributed by atoms with E-state index in [4.69, 9.17) is 0 Å². The van der Waals surface area contributed by atoms with Crippen molar-refractivity contribution in [2.45, 2.75) is 81.3 Å². The molecule has 0 spiro atoms. The molecular weight excluding hydrogens is 328 g/mol. The molecule has 1 aromatic heterocycles. The topological polar surface area (TPSA) is 41.1 Å². The van der Waals surface area contributed by atoms with Gasteiger partial charge in [0.15, 0.2) is 0 Å². The number of thiophene rings is 1. The summed E-state index contributed by atoms with van der Waals surface area (Å²) in [5.74, 6) is 0.306. The highest BCUT2D eigenvalue weighted by atomic mass is 35.5. The average Bonchev–Trinajstić information content (AvgIpc) is 3.18. The monoisotopic (exact) mass is 354 g/mol. The average molecular weight is 355 g/mol. The molecule has 4 rings (SSSR count). The second kappa shape index (κ2) is 7.12. The highest BCUT2D eigenvalue weighted by Crippen LogP contribution is 2.42. The number of hydrogen-bond donors (Lipinski definition) is 2. The second-order valence-electron chi connectivity index (χ2n) is 7.40. The van der Waals surface area contributed by atoms with Gasteiger partial charge in [-0.3, -0.25) is 4.79 Å². The SMILES string of the molecule is Cl.O=C(NC1CC2CCC(C1)N2)C1(c2cccs2)CCCCC1. The Morgan fingerprint density at radius 2 is 1.87 bits per heavy atom. The van der Waals surface area contributed by atoms with Crippen molar-refractivity contribution in [3.05, 3.63) is 22.4 Å². The smallest absolute Gasteiger partial charge is 0.231 e. The van der Waals surface area contributed by atoms with E-state index in [1.165, 1.54) is 37.0 Å². The molecule has 128 valence electrons. The van der Waals surface area contributed by atoms with Crippen LogP contribution in [0.4, 0.5) is 0 Å². The fourth-order valence-corrected chi connectivity index (χ4v) is 5.77. The Kier molecular flexibility index (Phi) is 5.34. The van der Waals surface area contributed by atoms with Gasteiger partial charge in [0.05, 0.1) is 5.41 Å². The van der Waals surface area contributed by atoms with Crippen LogP contribution >= 0.6 is 23.7 Å². The molecule has 2 unspecified atom stereocenters. The van der Waals surface area contributed by atoms with Crippen molar-refractivity contribution < 1.29 is 4.79 Å². The van der Waals surface area contributed by atoms with Gasteiger partial charge >= 0.3 is 0 Å². The number of nitrogens with one attached hydrogen (secondary N) is 2. The minimum Gasteiger partial charge on any atom is -0.352 e. The number of halogens is 1. The number of carbonyl (C=O) groups is 1. The van der Waals surface area contributed by atoms with Crippen LogP contribution in [-0.2, 0) is 10.2 Å². The Labute approximate surface area is 149 Å². The van der Waals surface area contributed by atoms with E-state index in [9.17, 15) is 4.79 Å². The summed E-state index contributed by atoms with van der Waals surface area (Å²) in [6.45, 7) is 0. The van der Waals surface area contributed by atoms with Crippen LogP contribution in [0.1, 0.15) is 62.7 Å². The molecule has 2 atom stereocenters. The van der Waals surface area contributed by atoms with Crippen LogP contribution in [0.3, 0.4) is 0 Å². The number of carbonyl (C=O) groups excluding carboxylic acids is 1. The van der Waals surface area contributed by atoms with E-state index >= 15 is 0 Å². The molecule has 1 amide bonds. The van der Waals surface area contributed by atoms with Crippen LogP contribution in [0.15, 0.2) is 17.5 Å². The van der Waals surface area contributed by atoms with Gasteiger partial charge in [0.2, 0.25) is 5.91 Å². The van der Waals surface area contributed by atoms with Crippen molar-refractivity contribution in [2.75, 3.05) is 0 Å². The summed E-state index contributed by atoms with van der Waals surface area (Å²) in [6.07, 6.45) is 10.5. The van der Waals surface area contributed by atoms with Gasteiger partial charge in [-0.2, -0.15) is 0 Å². The van der Waals surface area contributed by atoms with Gasteiger partial charge in [0.1, 0.15) is 0 Å². The van der Waals surface area contributed by atoms with Crippen molar-refractivity contribution in [3.63, 3.8) is 0 Å². The minimum absolute atomic E-state index is 0. The number of amides is 1. The number of piperidine rings is 1. The second-order valence-corrected chi connectivity index (χ2v) is 8.35. The Hall–Kier alpha value is -0.580. The van der Waals surface area contributed by atoms with Gasteiger partial charge in [-0.25, -0.2) is 0 Å². The highest BCUT2D eigenvalue weighted by molar-refractivity contribution is 7.10. The molecule has 23 heavy (non-hydrogen) atoms. The van der Waals surface area contributed by atoms with E-state index < -0.39 is 0 Å². The van der Waals surface area contributed by atoms with Crippen LogP contribution in [0.25, 0.3) is 0 Å². The van der Waals surface area contributed by atoms with Gasteiger partial charge in [0.25, 0.3) is 0 Å². The molecule has 3 aliphatic rings. The van der Waals surface area contributed by atoms with E-state index in [-0.39, 0.29) is 17.8 Å². The summed E-state index contributed by atoms with van der Waals surface area (Å²) in [5, 5.41) is 9.22. The maximum atomic E-state index is 13.2. The standard InChI is InChI=1S/C18H26N2OS.ClH/c21-17(20-15-11-13-6-7-14(12-15)19-13)18(8-2-1-3-9-18)16-5-4-10-22-16;/h4-5,10,13-15,19H,1-3,6-9,11-12H2,(H,20,21);1H. The van der Waals surface area contributed by atoms with Crippen molar-refractivity contribution in [1.29, 1.82) is 0 Å². The van der Waals surface area contributed by atoms with Crippen molar-refractivity contribution >= 4 is 29.7 Å². The van der Waals surface area contributed by atoms with Crippen molar-refractivity contribution in [3.8, 4) is 0 Å². The Balaban J connectivity index is 0.00000156. The summed E-state index contributed by atoms with van der Waals surface area (Å²) in [5.41, 5.74) is -0.240. The molecule has 1 saturated carbocycles. The highest BCUT2D eigenvalue weighted by Gasteiger charge is 2.43. The zero-order chi connectivity index (χ0) is 15.0. The van der Waals surface area contributed by atoms with Crippen molar-refractivity contribution in [2.24, 2.45) is 0 Å². The number of rotatable bonds is 3. The summed E-state index contributed by atoms with van der Waals surface area (Å²) >= 11 is 1.76. The van der Waals surface area contributed by atoms with E-state index in [1.54, 1.807) is 11.3 Å². The predicted molar refractivity (Wildman–Crippen MR) is 97.4 cm³/mol. The molecule has 0 aromatic carbocycles. The van der Waals surface area contributed by atoms with Gasteiger partial charge < -0.3 is 10.6 Å². The molecule has 2 saturated heterocycles. The molecule has 0 radical (unpaired) electrons. The third kappa shape index (κ3) is 3.31. The quantitative estimate of drug-likeness (QED) is 0.867. The molecule has 2 aliphatic heterocycles. The molecule has 5 heteroatoms. The lowest BCUT2D eigenvalue weighted by atomic mass is 9.72. The first-order valence-electron chi connectivity index (χ1n) is 8.87. The molecule has 3 heterocycles. The first kappa shape index (κ1) is 17.2. The predicted octanol–water partition coefficient (Wildman–Crippen LogP) is 3.77. The summed E-state index contributed by atoms with van der Waals surface area (Å²) in [7, 11) is 0. The lowest BCUT2D eigenvalue weighted by Crippen LogP contribution is -2.53. The first-order valence-corrected chi connectivity index (χ1v) is 9.75. The Morgan fingerprint density at radius 1 is 1.17 bits per heavy atom.